The van der Waals surface area contributed by atoms with Crippen molar-refractivity contribution in [2.24, 2.45) is 11.8 Å². The lowest BCUT2D eigenvalue weighted by Gasteiger charge is -2.16. The van der Waals surface area contributed by atoms with Gasteiger partial charge in [0.2, 0.25) is 0 Å². The van der Waals surface area contributed by atoms with Gasteiger partial charge in [0.05, 0.1) is 6.10 Å². The summed E-state index contributed by atoms with van der Waals surface area (Å²) in [5.41, 5.74) is 0. The van der Waals surface area contributed by atoms with E-state index < -0.39 is 6.10 Å². The van der Waals surface area contributed by atoms with E-state index in [0.29, 0.717) is 18.4 Å². The number of nitrogens with one attached hydrogen (secondary N) is 2. The van der Waals surface area contributed by atoms with Crippen LogP contribution in [0.3, 0.4) is 0 Å². The van der Waals surface area contributed by atoms with E-state index >= 15 is 0 Å². The van der Waals surface area contributed by atoms with Gasteiger partial charge < -0.3 is 20.6 Å². The molecule has 5 heteroatoms. The number of hydrogen-bond acceptors (Lipinski definition) is 3. The van der Waals surface area contributed by atoms with Gasteiger partial charge in [-0.2, -0.15) is 0 Å². The third-order valence-electron chi connectivity index (χ3n) is 4.17. The number of carbonyl (C=O) groups excluding carboxylic acids is 1. The summed E-state index contributed by atoms with van der Waals surface area (Å²) in [5.74, 6) is 1.03. The van der Waals surface area contributed by atoms with Gasteiger partial charge >= 0.3 is 6.03 Å². The average Bonchev–Trinajstić information content (AvgIpc) is 3.13. The van der Waals surface area contributed by atoms with Crippen molar-refractivity contribution in [3.63, 3.8) is 0 Å². The van der Waals surface area contributed by atoms with Crippen LogP contribution in [0.15, 0.2) is 0 Å². The highest BCUT2D eigenvalue weighted by atomic mass is 16.3. The van der Waals surface area contributed by atoms with Gasteiger partial charge in [0, 0.05) is 25.7 Å². The summed E-state index contributed by atoms with van der Waals surface area (Å²) in [4.78, 5) is 14.2. The molecular weight excluding hydrogens is 254 g/mol. The quantitative estimate of drug-likeness (QED) is 0.657. The van der Waals surface area contributed by atoms with E-state index in [1.54, 1.807) is 0 Å². The maximum Gasteiger partial charge on any atom is 0.314 e. The van der Waals surface area contributed by atoms with Gasteiger partial charge in [0.15, 0.2) is 0 Å². The molecule has 1 aliphatic heterocycles. The molecule has 2 atom stereocenters. The molecule has 0 spiro atoms. The molecule has 2 rings (SSSR count). The number of aliphatic hydroxyl groups is 1. The Kier molecular flexibility index (Phi) is 5.66. The first-order chi connectivity index (χ1) is 9.54. The van der Waals surface area contributed by atoms with Gasteiger partial charge in [0.25, 0.3) is 0 Å². The number of nitrogens with zero attached hydrogens (tertiary/aromatic N) is 1. The molecule has 0 bridgehead atoms. The van der Waals surface area contributed by atoms with Crippen molar-refractivity contribution < 1.29 is 9.90 Å². The normalized spacial score (nSPS) is 24.9. The third kappa shape index (κ3) is 5.29. The summed E-state index contributed by atoms with van der Waals surface area (Å²) in [5, 5.41) is 15.4. The van der Waals surface area contributed by atoms with Crippen LogP contribution in [0.1, 0.15) is 39.5 Å². The molecule has 0 aromatic carbocycles. The summed E-state index contributed by atoms with van der Waals surface area (Å²) >= 11 is 0. The Hall–Kier alpha value is -0.810. The molecule has 2 fully saturated rings. The van der Waals surface area contributed by atoms with Crippen molar-refractivity contribution in [2.45, 2.75) is 51.7 Å². The van der Waals surface area contributed by atoms with Crippen molar-refractivity contribution in [1.82, 2.24) is 15.5 Å². The zero-order valence-corrected chi connectivity index (χ0v) is 12.8. The summed E-state index contributed by atoms with van der Waals surface area (Å²) in [7, 11) is 0. The smallest absolute Gasteiger partial charge is 0.314 e. The fourth-order valence-corrected chi connectivity index (χ4v) is 2.94. The van der Waals surface area contributed by atoms with E-state index in [1.807, 2.05) is 0 Å². The molecule has 2 amide bonds. The van der Waals surface area contributed by atoms with Crippen LogP contribution >= 0.6 is 0 Å². The lowest BCUT2D eigenvalue weighted by Crippen LogP contribution is -2.42. The zero-order valence-electron chi connectivity index (χ0n) is 12.8. The molecular formula is C15H29N3O2. The zero-order chi connectivity index (χ0) is 14.5. The second kappa shape index (κ2) is 7.27. The van der Waals surface area contributed by atoms with Crippen molar-refractivity contribution >= 4 is 6.03 Å². The molecule has 3 N–H and O–H groups in total. The Balaban J connectivity index is 1.53. The Morgan fingerprint density at radius 1 is 1.30 bits per heavy atom. The summed E-state index contributed by atoms with van der Waals surface area (Å²) in [6.45, 7) is 7.52. The lowest BCUT2D eigenvalue weighted by molar-refractivity contribution is 0.146. The molecule has 5 nitrogen and oxygen atoms in total. The molecule has 1 aliphatic carbocycles. The fourth-order valence-electron chi connectivity index (χ4n) is 2.94. The fraction of sp³-hybridized carbons (Fsp3) is 0.933. The molecule has 116 valence electrons. The molecule has 0 aromatic rings. The van der Waals surface area contributed by atoms with Gasteiger partial charge in [-0.3, -0.25) is 0 Å². The number of aliphatic hydroxyl groups excluding tert-OH is 1. The Bertz CT molecular complexity index is 318. The van der Waals surface area contributed by atoms with Crippen LogP contribution in [-0.2, 0) is 0 Å². The monoisotopic (exact) mass is 283 g/mol. The molecule has 20 heavy (non-hydrogen) atoms. The van der Waals surface area contributed by atoms with Crippen LogP contribution in [0, 0.1) is 11.8 Å². The van der Waals surface area contributed by atoms with Gasteiger partial charge in [-0.1, -0.05) is 13.8 Å². The topological polar surface area (TPSA) is 64.6 Å². The van der Waals surface area contributed by atoms with E-state index in [0.717, 1.165) is 25.6 Å². The molecule has 1 saturated carbocycles. The van der Waals surface area contributed by atoms with Crippen molar-refractivity contribution in [2.75, 3.05) is 26.2 Å². The predicted octanol–water partition coefficient (Wildman–Crippen LogP) is 1.18. The highest BCUT2D eigenvalue weighted by molar-refractivity contribution is 5.73. The minimum absolute atomic E-state index is 0.155. The Morgan fingerprint density at radius 2 is 2.05 bits per heavy atom. The van der Waals surface area contributed by atoms with E-state index in [-0.39, 0.29) is 6.03 Å². The SMILES string of the molecule is CC(C)CC(O)CNC(=O)NCC1CCN(C2CC2)C1. The number of urea groups is 1. The van der Waals surface area contributed by atoms with Crippen LogP contribution in [0.4, 0.5) is 4.79 Å². The average molecular weight is 283 g/mol. The standard InChI is InChI=1S/C15H29N3O2/c1-11(2)7-14(19)9-17-15(20)16-8-12-5-6-18(10-12)13-3-4-13/h11-14,19H,3-10H2,1-2H3,(H2,16,17,20). The summed E-state index contributed by atoms with van der Waals surface area (Å²) in [6.07, 6.45) is 4.17. The van der Waals surface area contributed by atoms with Crippen LogP contribution in [0.2, 0.25) is 0 Å². The van der Waals surface area contributed by atoms with Crippen molar-refractivity contribution in [1.29, 1.82) is 0 Å². The second-order valence-electron chi connectivity index (χ2n) is 6.76. The molecule has 0 radical (unpaired) electrons. The van der Waals surface area contributed by atoms with Gasteiger partial charge in [-0.15, -0.1) is 0 Å². The predicted molar refractivity (Wildman–Crippen MR) is 79.6 cm³/mol. The van der Waals surface area contributed by atoms with E-state index in [4.69, 9.17) is 0 Å². The van der Waals surface area contributed by atoms with Crippen molar-refractivity contribution in [3.05, 3.63) is 0 Å². The van der Waals surface area contributed by atoms with E-state index in [9.17, 15) is 9.90 Å². The first-order valence-electron chi connectivity index (χ1n) is 7.98. The van der Waals surface area contributed by atoms with E-state index in [1.165, 1.54) is 25.8 Å². The van der Waals surface area contributed by atoms with Gasteiger partial charge in [0.1, 0.15) is 0 Å². The largest absolute Gasteiger partial charge is 0.391 e. The number of hydrogen-bond donors (Lipinski definition) is 3. The van der Waals surface area contributed by atoms with Gasteiger partial charge in [-0.05, 0) is 44.1 Å². The summed E-state index contributed by atoms with van der Waals surface area (Å²) < 4.78 is 0. The Labute approximate surface area is 122 Å². The van der Waals surface area contributed by atoms with Crippen LogP contribution < -0.4 is 10.6 Å². The maximum atomic E-state index is 11.7. The highest BCUT2D eigenvalue weighted by Gasteiger charge is 2.34. The lowest BCUT2D eigenvalue weighted by atomic mass is 10.1. The third-order valence-corrected chi connectivity index (χ3v) is 4.17. The number of carbonyl (C=O) groups is 1. The van der Waals surface area contributed by atoms with Crippen molar-refractivity contribution in [3.8, 4) is 0 Å². The summed E-state index contributed by atoms with van der Waals surface area (Å²) in [6, 6.07) is 0.678. The highest BCUT2D eigenvalue weighted by Crippen LogP contribution is 2.31. The minimum atomic E-state index is -0.447. The number of amides is 2. The molecule has 2 aliphatic rings. The molecule has 1 saturated heterocycles. The maximum absolute atomic E-state index is 11.7. The second-order valence-corrected chi connectivity index (χ2v) is 6.76. The first-order valence-corrected chi connectivity index (χ1v) is 7.98. The van der Waals surface area contributed by atoms with E-state index in [2.05, 4.69) is 29.4 Å². The number of rotatable bonds is 7. The van der Waals surface area contributed by atoms with Crippen LogP contribution in [0.25, 0.3) is 0 Å². The molecule has 2 unspecified atom stereocenters. The Morgan fingerprint density at radius 3 is 2.70 bits per heavy atom. The first kappa shape index (κ1) is 15.6. The van der Waals surface area contributed by atoms with Gasteiger partial charge in [-0.25, -0.2) is 4.79 Å². The van der Waals surface area contributed by atoms with Crippen LogP contribution in [-0.4, -0.2) is 54.4 Å². The molecule has 0 aromatic heterocycles. The molecule has 1 heterocycles. The number of likely N-dealkylation sites (tertiary alicyclic amines) is 1. The minimum Gasteiger partial charge on any atom is -0.391 e. The van der Waals surface area contributed by atoms with Crippen LogP contribution in [0.5, 0.6) is 0 Å².